The summed E-state index contributed by atoms with van der Waals surface area (Å²) in [6.45, 7) is 3.94. The Labute approximate surface area is 171 Å². The van der Waals surface area contributed by atoms with Crippen molar-refractivity contribution in [1.82, 2.24) is 9.97 Å². The van der Waals surface area contributed by atoms with Gasteiger partial charge in [-0.25, -0.2) is 18.7 Å². The number of halogens is 6. The number of nitrogens with one attached hydrogen (secondary N) is 1. The lowest BCUT2D eigenvalue weighted by molar-refractivity contribution is -0.105. The Morgan fingerprint density at radius 1 is 1.18 bits per heavy atom. The van der Waals surface area contributed by atoms with E-state index in [4.69, 9.17) is 4.74 Å². The monoisotopic (exact) mass is 485 g/mol. The van der Waals surface area contributed by atoms with Gasteiger partial charge in [0.1, 0.15) is 30.2 Å². The van der Waals surface area contributed by atoms with E-state index in [1.54, 1.807) is 26.0 Å². The van der Waals surface area contributed by atoms with Gasteiger partial charge in [-0.05, 0) is 47.0 Å². The topological polar surface area (TPSA) is 47.0 Å². The second-order valence-corrected chi connectivity index (χ2v) is 7.59. The lowest BCUT2D eigenvalue weighted by atomic mass is 10.1. The van der Waals surface area contributed by atoms with Crippen molar-refractivity contribution in [3.05, 3.63) is 39.8 Å². The lowest BCUT2D eigenvalue weighted by Gasteiger charge is -2.15. The molecular formula is C17H17BrF5N3OS. The van der Waals surface area contributed by atoms with Crippen molar-refractivity contribution in [1.29, 1.82) is 0 Å². The Morgan fingerprint density at radius 3 is 2.54 bits per heavy atom. The highest BCUT2D eigenvalue weighted by Gasteiger charge is 2.27. The zero-order valence-electron chi connectivity index (χ0n) is 14.9. The average Bonchev–Trinajstić information content (AvgIpc) is 2.59. The molecule has 4 nitrogen and oxygen atoms in total. The second-order valence-electron chi connectivity index (χ2n) is 5.78. The minimum atomic E-state index is -4.26. The van der Waals surface area contributed by atoms with Crippen LogP contribution in [0.2, 0.25) is 0 Å². The molecule has 1 aromatic heterocycles. The molecule has 28 heavy (non-hydrogen) atoms. The molecule has 0 atom stereocenters. The smallest absolute Gasteiger partial charge is 0.398 e. The van der Waals surface area contributed by atoms with E-state index in [9.17, 15) is 22.0 Å². The molecule has 0 unspecified atom stereocenters. The van der Waals surface area contributed by atoms with Crippen molar-refractivity contribution in [3.63, 3.8) is 0 Å². The highest BCUT2D eigenvalue weighted by Crippen LogP contribution is 2.34. The van der Waals surface area contributed by atoms with Crippen molar-refractivity contribution in [3.8, 4) is 5.75 Å². The summed E-state index contributed by atoms with van der Waals surface area (Å²) >= 11 is 3.74. The zero-order chi connectivity index (χ0) is 20.9. The van der Waals surface area contributed by atoms with Crippen molar-refractivity contribution in [2.45, 2.75) is 31.3 Å². The van der Waals surface area contributed by atoms with Gasteiger partial charge in [0.25, 0.3) is 6.43 Å². The molecule has 1 aromatic carbocycles. The Kier molecular flexibility index (Phi) is 7.87. The third-order valence-electron chi connectivity index (χ3n) is 3.54. The summed E-state index contributed by atoms with van der Waals surface area (Å²) in [5.41, 5.74) is 1.11. The first-order chi connectivity index (χ1) is 13.1. The van der Waals surface area contributed by atoms with Crippen LogP contribution in [0.5, 0.6) is 5.75 Å². The van der Waals surface area contributed by atoms with Gasteiger partial charge in [-0.3, -0.25) is 0 Å². The first kappa shape index (κ1) is 22.7. The van der Waals surface area contributed by atoms with Crippen LogP contribution >= 0.6 is 27.7 Å². The standard InChI is InChI=1S/C17H17BrF5N3OS/c1-9-5-10(2)12(28-7-17(21,22)23)6-11(9)27-4-3-24-16-13(18)14(15(19)20)25-8-26-16/h5-6,8,15H,3-4,7H2,1-2H3,(H,24,25,26). The van der Waals surface area contributed by atoms with Crippen LogP contribution < -0.4 is 10.1 Å². The van der Waals surface area contributed by atoms with Crippen LogP contribution in [0.4, 0.5) is 27.8 Å². The minimum absolute atomic E-state index is 0.0716. The van der Waals surface area contributed by atoms with E-state index in [0.717, 1.165) is 17.5 Å². The fourth-order valence-corrected chi connectivity index (χ4v) is 3.59. The number of thioether (sulfide) groups is 1. The normalized spacial score (nSPS) is 11.8. The SMILES string of the molecule is Cc1cc(C)c(SCC(F)(F)F)cc1OCCNc1ncnc(C(F)F)c1Br. The van der Waals surface area contributed by atoms with E-state index < -0.39 is 24.0 Å². The fourth-order valence-electron chi connectivity index (χ4n) is 2.27. The zero-order valence-corrected chi connectivity index (χ0v) is 17.3. The molecule has 2 aromatic rings. The Morgan fingerprint density at radius 2 is 1.89 bits per heavy atom. The van der Waals surface area contributed by atoms with E-state index in [-0.39, 0.29) is 23.4 Å². The van der Waals surface area contributed by atoms with Crippen LogP contribution in [0, 0.1) is 13.8 Å². The molecule has 0 amide bonds. The number of benzene rings is 1. The quantitative estimate of drug-likeness (QED) is 0.285. The Bertz CT molecular complexity index is 820. The van der Waals surface area contributed by atoms with Gasteiger partial charge in [0.05, 0.1) is 16.8 Å². The molecule has 11 heteroatoms. The molecule has 1 heterocycles. The van der Waals surface area contributed by atoms with Crippen molar-refractivity contribution in [2.75, 3.05) is 24.2 Å². The van der Waals surface area contributed by atoms with Gasteiger partial charge in [-0.1, -0.05) is 6.07 Å². The molecule has 0 bridgehead atoms. The number of rotatable bonds is 8. The molecule has 0 fully saturated rings. The van der Waals surface area contributed by atoms with E-state index >= 15 is 0 Å². The summed E-state index contributed by atoms with van der Waals surface area (Å²) in [4.78, 5) is 7.90. The number of aromatic nitrogens is 2. The Hall–Kier alpha value is -1.62. The van der Waals surface area contributed by atoms with Crippen molar-refractivity contribution >= 4 is 33.5 Å². The number of anilines is 1. The van der Waals surface area contributed by atoms with Gasteiger partial charge in [0.2, 0.25) is 0 Å². The van der Waals surface area contributed by atoms with E-state index in [0.29, 0.717) is 22.4 Å². The number of ether oxygens (including phenoxy) is 1. The molecule has 0 aliphatic heterocycles. The molecule has 0 radical (unpaired) electrons. The van der Waals surface area contributed by atoms with Crippen molar-refractivity contribution < 1.29 is 26.7 Å². The number of alkyl halides is 5. The largest absolute Gasteiger partial charge is 0.491 e. The van der Waals surface area contributed by atoms with Crippen LogP contribution in [0.1, 0.15) is 23.2 Å². The van der Waals surface area contributed by atoms with Gasteiger partial charge in [-0.2, -0.15) is 13.2 Å². The number of hydrogen-bond donors (Lipinski definition) is 1. The summed E-state index contributed by atoms with van der Waals surface area (Å²) < 4.78 is 68.7. The maximum atomic E-state index is 12.8. The van der Waals surface area contributed by atoms with E-state index in [1.165, 1.54) is 0 Å². The fraction of sp³-hybridized carbons (Fsp3) is 0.412. The number of aryl methyl sites for hydroxylation is 2. The van der Waals surface area contributed by atoms with Gasteiger partial charge in [-0.15, -0.1) is 11.8 Å². The van der Waals surface area contributed by atoms with Crippen LogP contribution in [-0.4, -0.2) is 35.0 Å². The summed E-state index contributed by atoms with van der Waals surface area (Å²) in [7, 11) is 0. The van der Waals surface area contributed by atoms with E-state index in [2.05, 4.69) is 31.2 Å². The Balaban J connectivity index is 1.97. The minimum Gasteiger partial charge on any atom is -0.491 e. The molecule has 0 saturated heterocycles. The molecule has 2 rings (SSSR count). The van der Waals surface area contributed by atoms with Crippen LogP contribution in [0.25, 0.3) is 0 Å². The summed E-state index contributed by atoms with van der Waals surface area (Å²) in [6.07, 6.45) is -5.96. The van der Waals surface area contributed by atoms with Gasteiger partial charge in [0.15, 0.2) is 0 Å². The first-order valence-electron chi connectivity index (χ1n) is 8.04. The van der Waals surface area contributed by atoms with E-state index in [1.807, 2.05) is 0 Å². The maximum absolute atomic E-state index is 12.8. The number of hydrogen-bond acceptors (Lipinski definition) is 5. The summed E-state index contributed by atoms with van der Waals surface area (Å²) in [5, 5.41) is 2.86. The predicted octanol–water partition coefficient (Wildman–Crippen LogP) is 5.94. The lowest BCUT2D eigenvalue weighted by Crippen LogP contribution is -2.14. The van der Waals surface area contributed by atoms with Gasteiger partial charge < -0.3 is 10.1 Å². The highest BCUT2D eigenvalue weighted by molar-refractivity contribution is 9.10. The summed E-state index contributed by atoms with van der Waals surface area (Å²) in [5.74, 6) is -0.311. The molecule has 154 valence electrons. The van der Waals surface area contributed by atoms with Gasteiger partial charge >= 0.3 is 6.18 Å². The van der Waals surface area contributed by atoms with Crippen LogP contribution in [0.3, 0.4) is 0 Å². The third kappa shape index (κ3) is 6.47. The molecule has 0 aliphatic carbocycles. The maximum Gasteiger partial charge on any atom is 0.398 e. The molecular weight excluding hydrogens is 469 g/mol. The molecule has 0 aliphatic rings. The highest BCUT2D eigenvalue weighted by atomic mass is 79.9. The molecule has 1 N–H and O–H groups in total. The van der Waals surface area contributed by atoms with Gasteiger partial charge in [0, 0.05) is 4.90 Å². The second kappa shape index (κ2) is 9.73. The first-order valence-corrected chi connectivity index (χ1v) is 9.82. The molecule has 0 saturated carbocycles. The number of nitrogens with zero attached hydrogens (tertiary/aromatic N) is 2. The summed E-state index contributed by atoms with van der Waals surface area (Å²) in [6, 6.07) is 3.34. The third-order valence-corrected chi connectivity index (χ3v) is 5.54. The average molecular weight is 486 g/mol. The predicted molar refractivity (Wildman–Crippen MR) is 101 cm³/mol. The molecule has 0 spiro atoms. The van der Waals surface area contributed by atoms with Crippen molar-refractivity contribution in [2.24, 2.45) is 0 Å². The van der Waals surface area contributed by atoms with Crippen LogP contribution in [0.15, 0.2) is 27.8 Å². The van der Waals surface area contributed by atoms with Crippen LogP contribution in [-0.2, 0) is 0 Å².